The standard InChI is InChI=1S/C18H20N2O2S/c1-13-19-16-7-5-6-8-17(16)20(13)23(21,22)15-11-9-14(10-12-15)18(2,3)4/h5-12H,1-4H3. The number of hydrogen-bond acceptors (Lipinski definition) is 3. The molecule has 1 aromatic heterocycles. The van der Waals surface area contributed by atoms with Gasteiger partial charge in [-0.1, -0.05) is 45.0 Å². The van der Waals surface area contributed by atoms with Crippen molar-refractivity contribution in [2.45, 2.75) is 38.0 Å². The third kappa shape index (κ3) is 2.65. The second-order valence-corrected chi connectivity index (χ2v) is 8.48. The van der Waals surface area contributed by atoms with Crippen molar-refractivity contribution in [1.29, 1.82) is 0 Å². The van der Waals surface area contributed by atoms with Crippen LogP contribution < -0.4 is 0 Å². The first-order chi connectivity index (χ1) is 10.7. The van der Waals surface area contributed by atoms with Crippen LogP contribution in [0.1, 0.15) is 32.2 Å². The first-order valence-corrected chi connectivity index (χ1v) is 8.95. The van der Waals surface area contributed by atoms with Gasteiger partial charge in [-0.25, -0.2) is 17.4 Å². The second-order valence-electron chi connectivity index (χ2n) is 6.69. The maximum atomic E-state index is 13.0. The Morgan fingerprint density at radius 3 is 2.17 bits per heavy atom. The highest BCUT2D eigenvalue weighted by atomic mass is 32.2. The summed E-state index contributed by atoms with van der Waals surface area (Å²) in [5.74, 6) is 0.464. The van der Waals surface area contributed by atoms with Gasteiger partial charge in [0.1, 0.15) is 5.82 Å². The predicted molar refractivity (Wildman–Crippen MR) is 92.2 cm³/mol. The number of aromatic nitrogens is 2. The first-order valence-electron chi connectivity index (χ1n) is 7.51. The molecule has 0 aliphatic rings. The molecule has 23 heavy (non-hydrogen) atoms. The minimum atomic E-state index is -3.66. The summed E-state index contributed by atoms with van der Waals surface area (Å²) < 4.78 is 27.3. The molecule has 120 valence electrons. The van der Waals surface area contributed by atoms with E-state index in [2.05, 4.69) is 25.8 Å². The molecule has 0 fully saturated rings. The topological polar surface area (TPSA) is 52.0 Å². The van der Waals surface area contributed by atoms with E-state index in [9.17, 15) is 8.42 Å². The molecule has 5 heteroatoms. The second kappa shape index (κ2) is 5.20. The van der Waals surface area contributed by atoms with Crippen LogP contribution in [0.25, 0.3) is 11.0 Å². The van der Waals surface area contributed by atoms with Crippen LogP contribution in [0.3, 0.4) is 0 Å². The molecule has 4 nitrogen and oxygen atoms in total. The summed E-state index contributed by atoms with van der Waals surface area (Å²) in [5.41, 5.74) is 2.37. The lowest BCUT2D eigenvalue weighted by molar-refractivity contribution is 0.582. The van der Waals surface area contributed by atoms with Gasteiger partial charge >= 0.3 is 0 Å². The highest BCUT2D eigenvalue weighted by Gasteiger charge is 2.23. The van der Waals surface area contributed by atoms with E-state index in [0.717, 1.165) is 5.56 Å². The molecule has 0 aliphatic carbocycles. The molecule has 0 atom stereocenters. The fourth-order valence-corrected chi connectivity index (χ4v) is 4.15. The molecule has 0 radical (unpaired) electrons. The minimum Gasteiger partial charge on any atom is -0.232 e. The Morgan fingerprint density at radius 2 is 1.57 bits per heavy atom. The molecule has 0 unspecified atom stereocenters. The number of para-hydroxylation sites is 2. The number of hydrogen-bond donors (Lipinski definition) is 0. The van der Waals surface area contributed by atoms with Crippen molar-refractivity contribution in [3.63, 3.8) is 0 Å². The number of imidazole rings is 1. The average Bonchev–Trinajstić information content (AvgIpc) is 2.83. The van der Waals surface area contributed by atoms with Crippen LogP contribution >= 0.6 is 0 Å². The summed E-state index contributed by atoms with van der Waals surface area (Å²) in [7, 11) is -3.66. The molecule has 0 bridgehead atoms. The quantitative estimate of drug-likeness (QED) is 0.717. The van der Waals surface area contributed by atoms with Crippen LogP contribution in [0.5, 0.6) is 0 Å². The SMILES string of the molecule is Cc1nc2ccccc2n1S(=O)(=O)c1ccc(C(C)(C)C)cc1. The van der Waals surface area contributed by atoms with E-state index in [-0.39, 0.29) is 10.3 Å². The Labute approximate surface area is 136 Å². The van der Waals surface area contributed by atoms with Crippen LogP contribution in [0, 0.1) is 6.92 Å². The van der Waals surface area contributed by atoms with Gasteiger partial charge in [-0.15, -0.1) is 0 Å². The zero-order valence-electron chi connectivity index (χ0n) is 13.7. The van der Waals surface area contributed by atoms with E-state index in [1.807, 2.05) is 30.3 Å². The van der Waals surface area contributed by atoms with Gasteiger partial charge in [-0.05, 0) is 42.2 Å². The van der Waals surface area contributed by atoms with Crippen LogP contribution in [0.15, 0.2) is 53.4 Å². The Bertz CT molecular complexity index is 962. The lowest BCUT2D eigenvalue weighted by Crippen LogP contribution is -2.16. The third-order valence-corrected chi connectivity index (χ3v) is 5.74. The molecule has 0 N–H and O–H groups in total. The number of fused-ring (bicyclic) bond motifs is 1. The van der Waals surface area contributed by atoms with Gasteiger partial charge in [0.05, 0.1) is 15.9 Å². The average molecular weight is 328 g/mol. The summed E-state index contributed by atoms with van der Waals surface area (Å²) in [6.45, 7) is 8.01. The highest BCUT2D eigenvalue weighted by molar-refractivity contribution is 7.90. The summed E-state index contributed by atoms with van der Waals surface area (Å²) in [6.07, 6.45) is 0. The molecule has 1 heterocycles. The third-order valence-electron chi connectivity index (χ3n) is 3.94. The minimum absolute atomic E-state index is 0.0140. The molecule has 0 saturated carbocycles. The zero-order valence-corrected chi connectivity index (χ0v) is 14.6. The molecular formula is C18H20N2O2S. The molecule has 0 saturated heterocycles. The Balaban J connectivity index is 2.16. The van der Waals surface area contributed by atoms with Gasteiger partial charge in [0.15, 0.2) is 0 Å². The molecule has 0 spiro atoms. The zero-order chi connectivity index (χ0) is 16.8. The summed E-state index contributed by atoms with van der Waals surface area (Å²) in [6, 6.07) is 14.4. The van der Waals surface area contributed by atoms with Crippen LogP contribution in [-0.4, -0.2) is 17.4 Å². The van der Waals surface area contributed by atoms with Crippen molar-refractivity contribution in [3.8, 4) is 0 Å². The number of rotatable bonds is 2. The fraction of sp³-hybridized carbons (Fsp3) is 0.278. The Kier molecular flexibility index (Phi) is 3.56. The molecule has 3 aromatic rings. The fourth-order valence-electron chi connectivity index (χ4n) is 2.66. The summed E-state index contributed by atoms with van der Waals surface area (Å²) in [5, 5.41) is 0. The Morgan fingerprint density at radius 1 is 0.957 bits per heavy atom. The molecule has 2 aromatic carbocycles. The van der Waals surface area contributed by atoms with Crippen molar-refractivity contribution in [2.24, 2.45) is 0 Å². The summed E-state index contributed by atoms with van der Waals surface area (Å²) in [4.78, 5) is 4.62. The molecular weight excluding hydrogens is 308 g/mol. The van der Waals surface area contributed by atoms with E-state index >= 15 is 0 Å². The molecule has 0 aliphatic heterocycles. The highest BCUT2D eigenvalue weighted by Crippen LogP contribution is 2.26. The van der Waals surface area contributed by atoms with E-state index in [1.54, 1.807) is 25.1 Å². The Hall–Kier alpha value is -2.14. The summed E-state index contributed by atoms with van der Waals surface area (Å²) >= 11 is 0. The van der Waals surface area contributed by atoms with Gasteiger partial charge in [0, 0.05) is 0 Å². The maximum Gasteiger partial charge on any atom is 0.269 e. The van der Waals surface area contributed by atoms with Crippen molar-refractivity contribution < 1.29 is 8.42 Å². The van der Waals surface area contributed by atoms with Gasteiger partial charge in [-0.3, -0.25) is 0 Å². The van der Waals surface area contributed by atoms with Crippen molar-refractivity contribution in [2.75, 3.05) is 0 Å². The lowest BCUT2D eigenvalue weighted by Gasteiger charge is -2.19. The van der Waals surface area contributed by atoms with E-state index in [4.69, 9.17) is 0 Å². The predicted octanol–water partition coefficient (Wildman–Crippen LogP) is 3.88. The lowest BCUT2D eigenvalue weighted by atomic mass is 9.87. The first kappa shape index (κ1) is 15.7. The number of benzene rings is 2. The molecule has 3 rings (SSSR count). The number of aryl methyl sites for hydroxylation is 1. The van der Waals surface area contributed by atoms with Gasteiger partial charge in [0.2, 0.25) is 0 Å². The van der Waals surface area contributed by atoms with Gasteiger partial charge in [-0.2, -0.15) is 0 Å². The normalized spacial score (nSPS) is 12.7. The van der Waals surface area contributed by atoms with Crippen molar-refractivity contribution >= 4 is 21.1 Å². The van der Waals surface area contributed by atoms with E-state index < -0.39 is 10.0 Å². The maximum absolute atomic E-state index is 13.0. The van der Waals surface area contributed by atoms with Crippen molar-refractivity contribution in [3.05, 3.63) is 59.9 Å². The van der Waals surface area contributed by atoms with E-state index in [0.29, 0.717) is 16.9 Å². The van der Waals surface area contributed by atoms with Crippen LogP contribution in [-0.2, 0) is 15.4 Å². The number of nitrogens with zero attached hydrogens (tertiary/aromatic N) is 2. The van der Waals surface area contributed by atoms with E-state index in [1.165, 1.54) is 3.97 Å². The largest absolute Gasteiger partial charge is 0.269 e. The van der Waals surface area contributed by atoms with Gasteiger partial charge < -0.3 is 0 Å². The van der Waals surface area contributed by atoms with Crippen molar-refractivity contribution in [1.82, 2.24) is 8.96 Å². The molecule has 0 amide bonds. The smallest absolute Gasteiger partial charge is 0.232 e. The monoisotopic (exact) mass is 328 g/mol. The van der Waals surface area contributed by atoms with Gasteiger partial charge in [0.25, 0.3) is 10.0 Å². The van der Waals surface area contributed by atoms with Crippen LogP contribution in [0.4, 0.5) is 0 Å². The van der Waals surface area contributed by atoms with Crippen LogP contribution in [0.2, 0.25) is 0 Å².